The van der Waals surface area contributed by atoms with Crippen LogP contribution in [0.2, 0.25) is 0 Å². The summed E-state index contributed by atoms with van der Waals surface area (Å²) in [7, 11) is 0. The molecule has 0 saturated carbocycles. The molecule has 1 fully saturated rings. The number of amides is 2. The molecule has 1 atom stereocenters. The van der Waals surface area contributed by atoms with Gasteiger partial charge in [-0.3, -0.25) is 14.5 Å². The Bertz CT molecular complexity index is 924. The highest BCUT2D eigenvalue weighted by Crippen LogP contribution is 2.33. The molecule has 2 aliphatic heterocycles. The summed E-state index contributed by atoms with van der Waals surface area (Å²) in [5.41, 5.74) is 4.10. The van der Waals surface area contributed by atoms with E-state index in [9.17, 15) is 9.59 Å². The predicted octanol–water partition coefficient (Wildman–Crippen LogP) is 3.37. The highest BCUT2D eigenvalue weighted by molar-refractivity contribution is 8.15. The number of hydrogen-bond acceptors (Lipinski definition) is 5. The summed E-state index contributed by atoms with van der Waals surface area (Å²) >= 11 is 1.38. The van der Waals surface area contributed by atoms with Gasteiger partial charge in [-0.1, -0.05) is 47.2 Å². The maximum atomic E-state index is 12.8. The van der Waals surface area contributed by atoms with Gasteiger partial charge in [0.2, 0.25) is 11.8 Å². The number of amidine groups is 1. The molecule has 2 amide bonds. The second-order valence-electron chi connectivity index (χ2n) is 7.09. The quantitative estimate of drug-likeness (QED) is 0.864. The van der Waals surface area contributed by atoms with Crippen LogP contribution in [0.1, 0.15) is 17.5 Å². The number of carbonyl (C=O) groups is 2. The maximum Gasteiger partial charge on any atom is 0.244 e. The van der Waals surface area contributed by atoms with Crippen molar-refractivity contribution in [2.24, 2.45) is 4.99 Å². The molecule has 28 heavy (non-hydrogen) atoms. The third-order valence-electron chi connectivity index (χ3n) is 4.81. The fraction of sp³-hybridized carbons (Fsp3) is 0.286. The third kappa shape index (κ3) is 3.89. The Morgan fingerprint density at radius 2 is 1.75 bits per heavy atom. The van der Waals surface area contributed by atoms with E-state index < -0.39 is 5.25 Å². The van der Waals surface area contributed by atoms with Gasteiger partial charge in [-0.2, -0.15) is 0 Å². The molecule has 1 saturated heterocycles. The van der Waals surface area contributed by atoms with Crippen LogP contribution in [0.15, 0.2) is 53.5 Å². The number of fused-ring (bicyclic) bond motifs is 1. The van der Waals surface area contributed by atoms with Gasteiger partial charge in [0.1, 0.15) is 18.6 Å². The smallest absolute Gasteiger partial charge is 0.244 e. The summed E-state index contributed by atoms with van der Waals surface area (Å²) < 4.78 is 0. The SMILES string of the molecule is Cc1ccc(NC(=O)CC2SC3=NCN(c4ccc(C)cc4)CN3C2=O)cc1. The largest absolute Gasteiger partial charge is 0.334 e. The first-order valence-electron chi connectivity index (χ1n) is 9.20. The van der Waals surface area contributed by atoms with E-state index in [1.54, 1.807) is 4.90 Å². The van der Waals surface area contributed by atoms with Crippen LogP contribution in [0, 0.1) is 13.8 Å². The van der Waals surface area contributed by atoms with Gasteiger partial charge in [0.05, 0.1) is 0 Å². The molecule has 2 aromatic carbocycles. The van der Waals surface area contributed by atoms with Crippen LogP contribution in [-0.2, 0) is 9.59 Å². The molecule has 2 aliphatic rings. The van der Waals surface area contributed by atoms with Crippen molar-refractivity contribution in [2.75, 3.05) is 23.6 Å². The lowest BCUT2D eigenvalue weighted by atomic mass is 10.2. The van der Waals surface area contributed by atoms with E-state index in [2.05, 4.69) is 15.2 Å². The van der Waals surface area contributed by atoms with E-state index in [4.69, 9.17) is 0 Å². The molecular weight excluding hydrogens is 372 g/mol. The number of nitrogens with one attached hydrogen (secondary N) is 1. The van der Waals surface area contributed by atoms with Crippen molar-refractivity contribution in [1.82, 2.24) is 4.90 Å². The van der Waals surface area contributed by atoms with Crippen molar-refractivity contribution in [1.29, 1.82) is 0 Å². The normalized spacial score (nSPS) is 18.7. The van der Waals surface area contributed by atoms with Gasteiger partial charge in [0.25, 0.3) is 0 Å². The molecule has 0 spiro atoms. The van der Waals surface area contributed by atoms with Gasteiger partial charge in [-0.25, -0.2) is 4.99 Å². The Morgan fingerprint density at radius 3 is 2.43 bits per heavy atom. The fourth-order valence-corrected chi connectivity index (χ4v) is 4.31. The Labute approximate surface area is 168 Å². The molecule has 0 bridgehead atoms. The molecule has 2 aromatic rings. The van der Waals surface area contributed by atoms with Crippen molar-refractivity contribution < 1.29 is 9.59 Å². The van der Waals surface area contributed by atoms with Crippen molar-refractivity contribution in [2.45, 2.75) is 25.5 Å². The standard InChI is InChI=1S/C21H22N4O2S/c1-14-3-7-16(8-4-14)23-19(26)11-18-20(27)25-13-24(12-22-21(25)28-18)17-9-5-15(2)6-10-17/h3-10,18H,11-13H2,1-2H3,(H,23,26). The molecule has 6 nitrogen and oxygen atoms in total. The van der Waals surface area contributed by atoms with Crippen LogP contribution in [0.4, 0.5) is 11.4 Å². The number of aliphatic imine (C=N–C) groups is 1. The number of thioether (sulfide) groups is 1. The Kier molecular flexibility index (Phi) is 5.09. The van der Waals surface area contributed by atoms with Gasteiger partial charge in [-0.15, -0.1) is 0 Å². The second kappa shape index (κ2) is 7.67. The zero-order valence-corrected chi connectivity index (χ0v) is 16.7. The van der Waals surface area contributed by atoms with Crippen LogP contribution in [-0.4, -0.2) is 40.5 Å². The van der Waals surface area contributed by atoms with Gasteiger partial charge < -0.3 is 10.2 Å². The van der Waals surface area contributed by atoms with E-state index in [-0.39, 0.29) is 18.2 Å². The lowest BCUT2D eigenvalue weighted by Crippen LogP contribution is -2.46. The number of anilines is 2. The van der Waals surface area contributed by atoms with Crippen LogP contribution in [0.5, 0.6) is 0 Å². The van der Waals surface area contributed by atoms with Crippen LogP contribution in [0.3, 0.4) is 0 Å². The summed E-state index contributed by atoms with van der Waals surface area (Å²) in [5.74, 6) is -0.217. The van der Waals surface area contributed by atoms with Gasteiger partial charge >= 0.3 is 0 Å². The lowest BCUT2D eigenvalue weighted by molar-refractivity contribution is -0.128. The Hall–Kier alpha value is -2.80. The van der Waals surface area contributed by atoms with Gasteiger partial charge in [-0.05, 0) is 38.1 Å². The Morgan fingerprint density at radius 1 is 1.11 bits per heavy atom. The van der Waals surface area contributed by atoms with E-state index in [1.165, 1.54) is 17.3 Å². The van der Waals surface area contributed by atoms with Crippen molar-refractivity contribution >= 4 is 40.1 Å². The molecule has 2 heterocycles. The maximum absolute atomic E-state index is 12.8. The first-order chi connectivity index (χ1) is 13.5. The monoisotopic (exact) mass is 394 g/mol. The first kappa shape index (κ1) is 18.6. The molecule has 4 rings (SSSR count). The average molecular weight is 395 g/mol. The summed E-state index contributed by atoms with van der Waals surface area (Å²) in [6.45, 7) is 5.01. The van der Waals surface area contributed by atoms with Crippen LogP contribution >= 0.6 is 11.8 Å². The van der Waals surface area contributed by atoms with Gasteiger partial charge in [0.15, 0.2) is 5.17 Å². The van der Waals surface area contributed by atoms with Gasteiger partial charge in [0, 0.05) is 17.8 Å². The zero-order chi connectivity index (χ0) is 19.7. The number of nitrogens with zero attached hydrogens (tertiary/aromatic N) is 3. The molecule has 0 radical (unpaired) electrons. The average Bonchev–Trinajstić information content (AvgIpc) is 2.99. The molecule has 0 aliphatic carbocycles. The van der Waals surface area contributed by atoms with Crippen LogP contribution in [0.25, 0.3) is 0 Å². The van der Waals surface area contributed by atoms with E-state index in [0.29, 0.717) is 18.5 Å². The minimum absolute atomic E-state index is 0.0559. The number of aryl methyl sites for hydroxylation is 2. The molecule has 1 unspecified atom stereocenters. The molecule has 144 valence electrons. The summed E-state index contributed by atoms with van der Waals surface area (Å²) in [4.78, 5) is 33.5. The molecule has 1 N–H and O–H groups in total. The minimum atomic E-state index is -0.429. The second-order valence-corrected chi connectivity index (χ2v) is 8.26. The number of rotatable bonds is 4. The Balaban J connectivity index is 1.39. The molecular formula is C21H22N4O2S. The van der Waals surface area contributed by atoms with Crippen molar-refractivity contribution in [3.63, 3.8) is 0 Å². The van der Waals surface area contributed by atoms with E-state index >= 15 is 0 Å². The highest BCUT2D eigenvalue weighted by atomic mass is 32.2. The van der Waals surface area contributed by atoms with Crippen molar-refractivity contribution in [3.8, 4) is 0 Å². The third-order valence-corrected chi connectivity index (χ3v) is 6.03. The van der Waals surface area contributed by atoms with E-state index in [1.807, 2.05) is 62.4 Å². The van der Waals surface area contributed by atoms with E-state index in [0.717, 1.165) is 16.9 Å². The highest BCUT2D eigenvalue weighted by Gasteiger charge is 2.41. The predicted molar refractivity (Wildman–Crippen MR) is 113 cm³/mol. The topological polar surface area (TPSA) is 65.0 Å². The fourth-order valence-electron chi connectivity index (χ4n) is 3.19. The molecule has 0 aromatic heterocycles. The first-order valence-corrected chi connectivity index (χ1v) is 10.1. The van der Waals surface area contributed by atoms with Crippen molar-refractivity contribution in [3.05, 3.63) is 59.7 Å². The summed E-state index contributed by atoms with van der Waals surface area (Å²) in [5, 5.41) is 3.15. The summed E-state index contributed by atoms with van der Waals surface area (Å²) in [6, 6.07) is 15.8. The molecule has 7 heteroatoms. The number of carbonyl (C=O) groups excluding carboxylic acids is 2. The van der Waals surface area contributed by atoms with Crippen LogP contribution < -0.4 is 10.2 Å². The zero-order valence-electron chi connectivity index (χ0n) is 15.9. The summed E-state index contributed by atoms with van der Waals surface area (Å²) in [6.07, 6.45) is 0.136. The number of benzene rings is 2. The minimum Gasteiger partial charge on any atom is -0.334 e. The number of hydrogen-bond donors (Lipinski definition) is 1. The lowest BCUT2D eigenvalue weighted by Gasteiger charge is -2.32.